The number of likely N-dealkylation sites (tertiary alicyclic amines) is 1. The van der Waals surface area contributed by atoms with E-state index in [1.165, 1.54) is 0 Å². The Balaban J connectivity index is 1.56. The second-order valence-corrected chi connectivity index (χ2v) is 8.72. The molecule has 1 fully saturated rings. The van der Waals surface area contributed by atoms with Gasteiger partial charge in [-0.15, -0.1) is 10.2 Å². The van der Waals surface area contributed by atoms with Crippen molar-refractivity contribution < 1.29 is 9.59 Å². The average Bonchev–Trinajstić information content (AvgIpc) is 3.43. The fraction of sp³-hybridized carbons (Fsp3) is 0.304. The van der Waals surface area contributed by atoms with Crippen LogP contribution in [0.25, 0.3) is 0 Å². The summed E-state index contributed by atoms with van der Waals surface area (Å²) in [6, 6.07) is 11.9. The molecule has 4 rings (SSSR count). The van der Waals surface area contributed by atoms with Crippen molar-refractivity contribution in [1.82, 2.24) is 25.0 Å². The summed E-state index contributed by atoms with van der Waals surface area (Å²) in [6.07, 6.45) is 1.62. The highest BCUT2D eigenvalue weighted by atomic mass is 35.5. The lowest BCUT2D eigenvalue weighted by molar-refractivity contribution is 0.0963. The molecule has 1 aliphatic rings. The molecule has 1 aliphatic heterocycles. The number of benzene rings is 2. The van der Waals surface area contributed by atoms with Gasteiger partial charge in [-0.1, -0.05) is 35.3 Å². The molecule has 3 amide bonds. The Bertz CT molecular complexity index is 1180. The topological polar surface area (TPSA) is 92.2 Å². The SMILES string of the molecule is CNC(=O)c1ccc(Cl)c(NC(=O)N2CCC[C@@H]2c2nnc(C)n2Cc2ccc(Cl)cc2)c1. The van der Waals surface area contributed by atoms with Crippen LogP contribution in [0.15, 0.2) is 42.5 Å². The lowest BCUT2D eigenvalue weighted by atomic mass is 10.1. The van der Waals surface area contributed by atoms with E-state index in [1.54, 1.807) is 30.1 Å². The molecule has 1 saturated heterocycles. The summed E-state index contributed by atoms with van der Waals surface area (Å²) in [6.45, 7) is 3.06. The molecule has 0 unspecified atom stereocenters. The standard InChI is InChI=1S/C23H24Cl2N6O2/c1-14-28-29-21(31(14)13-15-5-8-17(24)9-6-15)20-4-3-11-30(20)23(33)27-19-12-16(22(32)26-2)7-10-18(19)25/h5-10,12,20H,3-4,11,13H2,1-2H3,(H,26,32)(H,27,33)/t20-/m1/s1. The van der Waals surface area contributed by atoms with Gasteiger partial charge in [-0.05, 0) is 55.7 Å². The number of amides is 3. The number of halogens is 2. The van der Waals surface area contributed by atoms with Gasteiger partial charge >= 0.3 is 6.03 Å². The zero-order chi connectivity index (χ0) is 23.5. The molecule has 0 spiro atoms. The quantitative estimate of drug-likeness (QED) is 0.547. The first-order chi connectivity index (χ1) is 15.9. The van der Waals surface area contributed by atoms with E-state index in [-0.39, 0.29) is 18.0 Å². The van der Waals surface area contributed by atoms with Crippen molar-refractivity contribution in [3.05, 3.63) is 75.3 Å². The monoisotopic (exact) mass is 486 g/mol. The van der Waals surface area contributed by atoms with E-state index in [0.717, 1.165) is 30.1 Å². The maximum absolute atomic E-state index is 13.2. The largest absolute Gasteiger partial charge is 0.355 e. The second kappa shape index (κ2) is 9.80. The van der Waals surface area contributed by atoms with Crippen molar-refractivity contribution >= 4 is 40.8 Å². The predicted molar refractivity (Wildman–Crippen MR) is 128 cm³/mol. The van der Waals surface area contributed by atoms with Gasteiger partial charge in [0.2, 0.25) is 0 Å². The molecule has 1 atom stereocenters. The van der Waals surface area contributed by atoms with Crippen LogP contribution in [0.1, 0.15) is 46.5 Å². The van der Waals surface area contributed by atoms with Crippen LogP contribution < -0.4 is 10.6 Å². The summed E-state index contributed by atoms with van der Waals surface area (Å²) in [5.41, 5.74) is 1.86. The number of anilines is 1. The van der Waals surface area contributed by atoms with Crippen LogP contribution >= 0.6 is 23.2 Å². The highest BCUT2D eigenvalue weighted by molar-refractivity contribution is 6.33. The van der Waals surface area contributed by atoms with Gasteiger partial charge in [0.15, 0.2) is 5.82 Å². The van der Waals surface area contributed by atoms with Gasteiger partial charge in [0.25, 0.3) is 5.91 Å². The third-order valence-corrected chi connectivity index (χ3v) is 6.31. The molecule has 10 heteroatoms. The van der Waals surface area contributed by atoms with Gasteiger partial charge < -0.3 is 20.1 Å². The Morgan fingerprint density at radius 2 is 1.88 bits per heavy atom. The molecular weight excluding hydrogens is 463 g/mol. The molecule has 2 heterocycles. The van der Waals surface area contributed by atoms with Crippen molar-refractivity contribution in [2.75, 3.05) is 18.9 Å². The Labute approximate surface area is 201 Å². The van der Waals surface area contributed by atoms with Gasteiger partial charge in [0, 0.05) is 24.2 Å². The van der Waals surface area contributed by atoms with E-state index in [2.05, 4.69) is 20.8 Å². The first-order valence-electron chi connectivity index (χ1n) is 10.6. The third-order valence-electron chi connectivity index (χ3n) is 5.73. The number of nitrogens with zero attached hydrogens (tertiary/aromatic N) is 4. The third kappa shape index (κ3) is 4.96. The van der Waals surface area contributed by atoms with E-state index in [9.17, 15) is 9.59 Å². The van der Waals surface area contributed by atoms with E-state index in [1.807, 2.05) is 35.8 Å². The molecule has 172 valence electrons. The zero-order valence-corrected chi connectivity index (χ0v) is 19.8. The summed E-state index contributed by atoms with van der Waals surface area (Å²) in [4.78, 5) is 26.9. The first-order valence-corrected chi connectivity index (χ1v) is 11.4. The minimum absolute atomic E-state index is 0.223. The number of carbonyl (C=O) groups is 2. The summed E-state index contributed by atoms with van der Waals surface area (Å²) >= 11 is 12.3. The molecule has 1 aromatic heterocycles. The normalized spacial score (nSPS) is 15.5. The van der Waals surface area contributed by atoms with Gasteiger partial charge in [0.05, 0.1) is 23.3 Å². The fourth-order valence-electron chi connectivity index (χ4n) is 3.98. The molecule has 2 aromatic carbocycles. The van der Waals surface area contributed by atoms with E-state index < -0.39 is 0 Å². The Hall–Kier alpha value is -3.10. The smallest absolute Gasteiger partial charge is 0.322 e. The maximum Gasteiger partial charge on any atom is 0.322 e. The maximum atomic E-state index is 13.2. The molecule has 0 aliphatic carbocycles. The number of rotatable bonds is 5. The summed E-state index contributed by atoms with van der Waals surface area (Å²) < 4.78 is 2.03. The minimum Gasteiger partial charge on any atom is -0.355 e. The van der Waals surface area contributed by atoms with Crippen molar-refractivity contribution in [2.45, 2.75) is 32.4 Å². The molecule has 0 radical (unpaired) electrons. The Morgan fingerprint density at radius 3 is 2.61 bits per heavy atom. The lowest BCUT2D eigenvalue weighted by Gasteiger charge is -2.25. The average molecular weight is 487 g/mol. The van der Waals surface area contributed by atoms with Crippen LogP contribution in [-0.2, 0) is 6.54 Å². The number of aromatic nitrogens is 3. The lowest BCUT2D eigenvalue weighted by Crippen LogP contribution is -2.35. The molecule has 0 bridgehead atoms. The van der Waals surface area contributed by atoms with Crippen molar-refractivity contribution in [1.29, 1.82) is 0 Å². The van der Waals surface area contributed by atoms with Gasteiger partial charge in [-0.3, -0.25) is 4.79 Å². The Morgan fingerprint density at radius 1 is 1.12 bits per heavy atom. The fourth-order valence-corrected chi connectivity index (χ4v) is 4.27. The molecule has 33 heavy (non-hydrogen) atoms. The number of hydrogen-bond donors (Lipinski definition) is 2. The summed E-state index contributed by atoms with van der Waals surface area (Å²) in [5.74, 6) is 1.25. The molecule has 2 N–H and O–H groups in total. The van der Waals surface area contributed by atoms with Crippen molar-refractivity contribution in [3.63, 3.8) is 0 Å². The van der Waals surface area contributed by atoms with Crippen LogP contribution in [-0.4, -0.2) is 45.2 Å². The number of urea groups is 1. The first kappa shape index (κ1) is 23.1. The van der Waals surface area contributed by atoms with Crippen LogP contribution in [0, 0.1) is 6.92 Å². The van der Waals surface area contributed by atoms with E-state index >= 15 is 0 Å². The molecule has 0 saturated carbocycles. The van der Waals surface area contributed by atoms with Crippen LogP contribution in [0.4, 0.5) is 10.5 Å². The number of carbonyl (C=O) groups excluding carboxylic acids is 2. The van der Waals surface area contributed by atoms with E-state index in [4.69, 9.17) is 23.2 Å². The van der Waals surface area contributed by atoms with Crippen LogP contribution in [0.3, 0.4) is 0 Å². The second-order valence-electron chi connectivity index (χ2n) is 7.87. The van der Waals surface area contributed by atoms with Crippen LogP contribution in [0.2, 0.25) is 10.0 Å². The number of hydrogen-bond acceptors (Lipinski definition) is 4. The van der Waals surface area contributed by atoms with Gasteiger partial charge in [-0.25, -0.2) is 4.79 Å². The highest BCUT2D eigenvalue weighted by Gasteiger charge is 2.34. The number of nitrogens with one attached hydrogen (secondary N) is 2. The van der Waals surface area contributed by atoms with Crippen molar-refractivity contribution in [2.24, 2.45) is 0 Å². The minimum atomic E-state index is -0.299. The zero-order valence-electron chi connectivity index (χ0n) is 18.3. The number of aryl methyl sites for hydroxylation is 1. The predicted octanol–water partition coefficient (Wildman–Crippen LogP) is 4.67. The van der Waals surface area contributed by atoms with Crippen LogP contribution in [0.5, 0.6) is 0 Å². The molecule has 8 nitrogen and oxygen atoms in total. The van der Waals surface area contributed by atoms with Gasteiger partial charge in [-0.2, -0.15) is 0 Å². The van der Waals surface area contributed by atoms with Crippen molar-refractivity contribution in [3.8, 4) is 0 Å². The molecular formula is C23H24Cl2N6O2. The van der Waals surface area contributed by atoms with E-state index in [0.29, 0.717) is 34.4 Å². The molecule has 3 aromatic rings. The Kier molecular flexibility index (Phi) is 6.85. The highest BCUT2D eigenvalue weighted by Crippen LogP contribution is 2.33. The summed E-state index contributed by atoms with van der Waals surface area (Å²) in [5, 5.41) is 15.1. The summed E-state index contributed by atoms with van der Waals surface area (Å²) in [7, 11) is 1.55. The van der Waals surface area contributed by atoms with Gasteiger partial charge in [0.1, 0.15) is 5.82 Å².